The summed E-state index contributed by atoms with van der Waals surface area (Å²) in [5, 5.41) is 7.69. The molecule has 0 radical (unpaired) electrons. The fourth-order valence-electron chi connectivity index (χ4n) is 1.82. The number of hydrogen-bond acceptors (Lipinski definition) is 2. The van der Waals surface area contributed by atoms with Crippen molar-refractivity contribution in [2.45, 2.75) is 26.2 Å². The molecule has 0 aliphatic heterocycles. The highest BCUT2D eigenvalue weighted by Gasteiger charge is 2.22. The summed E-state index contributed by atoms with van der Waals surface area (Å²) in [6.45, 7) is 6.17. The first-order valence-electron chi connectivity index (χ1n) is 6.49. The van der Waals surface area contributed by atoms with Gasteiger partial charge in [-0.2, -0.15) is 5.10 Å². The number of hydrogen-bond donors (Lipinski definition) is 1. The second kappa shape index (κ2) is 5.81. The van der Waals surface area contributed by atoms with Gasteiger partial charge in [0.1, 0.15) is 5.69 Å². The molecule has 1 amide bonds. The van der Waals surface area contributed by atoms with Gasteiger partial charge in [0.25, 0.3) is 5.91 Å². The Kier molecular flexibility index (Phi) is 4.44. The second-order valence-electron chi connectivity index (χ2n) is 5.87. The van der Waals surface area contributed by atoms with E-state index in [9.17, 15) is 4.79 Å². The average Bonchev–Trinajstić information content (AvgIpc) is 2.75. The highest BCUT2D eigenvalue weighted by Crippen LogP contribution is 2.27. The number of nitrogens with zero attached hydrogens (tertiary/aromatic N) is 2. The Bertz CT molecular complexity index is 689. The molecule has 0 spiro atoms. The lowest BCUT2D eigenvalue weighted by Gasteiger charge is -2.13. The summed E-state index contributed by atoms with van der Waals surface area (Å²) in [4.78, 5) is 12.4. The van der Waals surface area contributed by atoms with Gasteiger partial charge in [-0.05, 0) is 24.3 Å². The Labute approximate surface area is 137 Å². The lowest BCUT2D eigenvalue weighted by Crippen LogP contribution is -2.16. The van der Waals surface area contributed by atoms with Gasteiger partial charge in [0.05, 0.1) is 16.4 Å². The monoisotopic (exact) mass is 369 g/mol. The molecular formula is C15H17BrClN3O. The van der Waals surface area contributed by atoms with Gasteiger partial charge >= 0.3 is 0 Å². The quantitative estimate of drug-likeness (QED) is 0.852. The molecule has 0 aliphatic carbocycles. The van der Waals surface area contributed by atoms with E-state index in [1.54, 1.807) is 23.9 Å². The number of anilines is 1. The molecule has 1 N–H and O–H groups in total. The Balaban J connectivity index is 2.27. The smallest absolute Gasteiger partial charge is 0.273 e. The fraction of sp³-hybridized carbons (Fsp3) is 0.333. The van der Waals surface area contributed by atoms with Crippen molar-refractivity contribution in [3.63, 3.8) is 0 Å². The van der Waals surface area contributed by atoms with Gasteiger partial charge < -0.3 is 5.32 Å². The predicted octanol–water partition coefficient (Wildman–Crippen LogP) is 4.39. The first-order valence-corrected chi connectivity index (χ1v) is 7.66. The molecular weight excluding hydrogens is 354 g/mol. The van der Waals surface area contributed by atoms with Crippen LogP contribution in [0.4, 0.5) is 5.69 Å². The van der Waals surface area contributed by atoms with Crippen LogP contribution in [0, 0.1) is 0 Å². The highest BCUT2D eigenvalue weighted by atomic mass is 79.9. The summed E-state index contributed by atoms with van der Waals surface area (Å²) in [5.74, 6) is -0.232. The molecule has 2 rings (SSSR count). The molecule has 112 valence electrons. The molecule has 0 aliphatic rings. The molecule has 4 nitrogen and oxygen atoms in total. The zero-order valence-electron chi connectivity index (χ0n) is 12.4. The minimum absolute atomic E-state index is 0.106. The molecule has 0 atom stereocenters. The van der Waals surface area contributed by atoms with Crippen LogP contribution in [0.15, 0.2) is 28.7 Å². The van der Waals surface area contributed by atoms with E-state index in [2.05, 4.69) is 47.1 Å². The van der Waals surface area contributed by atoms with Gasteiger partial charge in [-0.15, -0.1) is 0 Å². The van der Waals surface area contributed by atoms with Gasteiger partial charge in [0.2, 0.25) is 0 Å². The zero-order valence-corrected chi connectivity index (χ0v) is 14.7. The number of aryl methyl sites for hydroxylation is 1. The van der Waals surface area contributed by atoms with Crippen LogP contribution < -0.4 is 5.32 Å². The van der Waals surface area contributed by atoms with Crippen LogP contribution in [0.25, 0.3) is 0 Å². The van der Waals surface area contributed by atoms with E-state index in [0.717, 1.165) is 10.2 Å². The minimum Gasteiger partial charge on any atom is -0.319 e. The average molecular weight is 371 g/mol. The van der Waals surface area contributed by atoms with Gasteiger partial charge in [-0.25, -0.2) is 0 Å². The number of nitrogens with one attached hydrogen (secondary N) is 1. The second-order valence-corrected chi connectivity index (χ2v) is 7.19. The van der Waals surface area contributed by atoms with Crippen molar-refractivity contribution in [1.82, 2.24) is 9.78 Å². The Hall–Kier alpha value is -1.33. The third-order valence-electron chi connectivity index (χ3n) is 3.06. The van der Waals surface area contributed by atoms with E-state index in [1.165, 1.54) is 0 Å². The number of carbonyl (C=O) groups excluding carboxylic acids is 1. The Morgan fingerprint density at radius 3 is 2.52 bits per heavy atom. The summed E-state index contributed by atoms with van der Waals surface area (Å²) in [6.07, 6.45) is 0. The van der Waals surface area contributed by atoms with Gasteiger partial charge in [-0.1, -0.05) is 48.3 Å². The maximum atomic E-state index is 12.4. The minimum atomic E-state index is -0.232. The molecule has 1 aromatic heterocycles. The summed E-state index contributed by atoms with van der Waals surface area (Å²) >= 11 is 9.44. The van der Waals surface area contributed by atoms with Crippen molar-refractivity contribution >= 4 is 39.1 Å². The van der Waals surface area contributed by atoms with Crippen molar-refractivity contribution in [3.05, 3.63) is 45.1 Å². The molecule has 0 saturated carbocycles. The zero-order chi connectivity index (χ0) is 15.8. The fourth-order valence-corrected chi connectivity index (χ4v) is 2.54. The predicted molar refractivity (Wildman–Crippen MR) is 89.0 cm³/mol. The molecule has 0 unspecified atom stereocenters. The molecule has 2 aromatic rings. The lowest BCUT2D eigenvalue weighted by atomic mass is 9.92. The molecule has 0 bridgehead atoms. The number of benzene rings is 1. The van der Waals surface area contributed by atoms with Crippen molar-refractivity contribution in [3.8, 4) is 0 Å². The maximum Gasteiger partial charge on any atom is 0.273 e. The molecule has 1 aromatic carbocycles. The Morgan fingerprint density at radius 1 is 1.33 bits per heavy atom. The van der Waals surface area contributed by atoms with Crippen molar-refractivity contribution in [2.24, 2.45) is 7.05 Å². The molecule has 1 heterocycles. The molecule has 0 saturated heterocycles. The summed E-state index contributed by atoms with van der Waals surface area (Å²) in [5.41, 5.74) is 1.84. The topological polar surface area (TPSA) is 46.9 Å². The SMILES string of the molecule is Cn1nc(C(C)(C)C)cc1C(=O)Nc1ccc(Br)cc1Cl. The van der Waals surface area contributed by atoms with Crippen LogP contribution in [-0.4, -0.2) is 15.7 Å². The van der Waals surface area contributed by atoms with Crippen LogP contribution in [0.1, 0.15) is 37.0 Å². The van der Waals surface area contributed by atoms with E-state index in [0.29, 0.717) is 16.4 Å². The van der Waals surface area contributed by atoms with Gasteiger partial charge in [-0.3, -0.25) is 9.48 Å². The number of carbonyl (C=O) groups is 1. The van der Waals surface area contributed by atoms with Crippen LogP contribution in [0.5, 0.6) is 0 Å². The van der Waals surface area contributed by atoms with E-state index >= 15 is 0 Å². The highest BCUT2D eigenvalue weighted by molar-refractivity contribution is 9.10. The van der Waals surface area contributed by atoms with Gasteiger partial charge in [0, 0.05) is 16.9 Å². The van der Waals surface area contributed by atoms with Crippen LogP contribution in [0.2, 0.25) is 5.02 Å². The third kappa shape index (κ3) is 3.66. The first kappa shape index (κ1) is 16.0. The molecule has 6 heteroatoms. The van der Waals surface area contributed by atoms with Crippen molar-refractivity contribution in [2.75, 3.05) is 5.32 Å². The number of amides is 1. The van der Waals surface area contributed by atoms with E-state index < -0.39 is 0 Å². The molecule has 0 fully saturated rings. The first-order chi connectivity index (χ1) is 9.68. The number of aromatic nitrogens is 2. The summed E-state index contributed by atoms with van der Waals surface area (Å²) in [7, 11) is 1.76. The van der Waals surface area contributed by atoms with Crippen molar-refractivity contribution in [1.29, 1.82) is 0 Å². The standard InChI is InChI=1S/C15H17BrClN3O/c1-15(2,3)13-8-12(20(4)19-13)14(21)18-11-6-5-9(16)7-10(11)17/h5-8H,1-4H3,(H,18,21). The van der Waals surface area contributed by atoms with E-state index in [4.69, 9.17) is 11.6 Å². The Morgan fingerprint density at radius 2 is 2.00 bits per heavy atom. The lowest BCUT2D eigenvalue weighted by molar-refractivity contribution is 0.101. The number of rotatable bonds is 2. The van der Waals surface area contributed by atoms with E-state index in [1.807, 2.05) is 12.1 Å². The van der Waals surface area contributed by atoms with Gasteiger partial charge in [0.15, 0.2) is 0 Å². The van der Waals surface area contributed by atoms with Crippen molar-refractivity contribution < 1.29 is 4.79 Å². The maximum absolute atomic E-state index is 12.4. The van der Waals surface area contributed by atoms with Crippen LogP contribution in [0.3, 0.4) is 0 Å². The molecule has 21 heavy (non-hydrogen) atoms. The van der Waals surface area contributed by atoms with E-state index in [-0.39, 0.29) is 11.3 Å². The third-order valence-corrected chi connectivity index (χ3v) is 3.87. The largest absolute Gasteiger partial charge is 0.319 e. The summed E-state index contributed by atoms with van der Waals surface area (Å²) in [6, 6.07) is 7.12. The normalized spacial score (nSPS) is 11.5. The number of halogens is 2. The summed E-state index contributed by atoms with van der Waals surface area (Å²) < 4.78 is 2.45. The van der Waals surface area contributed by atoms with Crippen LogP contribution in [-0.2, 0) is 12.5 Å². The van der Waals surface area contributed by atoms with Crippen LogP contribution >= 0.6 is 27.5 Å².